The van der Waals surface area contributed by atoms with Crippen molar-refractivity contribution in [2.75, 3.05) is 4.90 Å². The van der Waals surface area contributed by atoms with Crippen LogP contribution in [-0.2, 0) is 16.9 Å². The van der Waals surface area contributed by atoms with E-state index in [1.807, 2.05) is 12.1 Å². The summed E-state index contributed by atoms with van der Waals surface area (Å²) in [5.41, 5.74) is 0.380. The normalized spacial score (nSPS) is 17.7. The van der Waals surface area contributed by atoms with Crippen LogP contribution in [0.25, 0.3) is 0 Å². The Labute approximate surface area is 191 Å². The summed E-state index contributed by atoms with van der Waals surface area (Å²) in [6, 6.07) is 18.2. The molecule has 4 rings (SSSR count). The van der Waals surface area contributed by atoms with Crippen LogP contribution in [0.15, 0.2) is 66.7 Å². The van der Waals surface area contributed by atoms with Crippen LogP contribution in [0, 0.1) is 5.82 Å². The quantitative estimate of drug-likeness (QED) is 0.495. The van der Waals surface area contributed by atoms with Crippen molar-refractivity contribution in [3.8, 4) is 0 Å². The van der Waals surface area contributed by atoms with Crippen LogP contribution in [-0.4, -0.2) is 16.8 Å². The molecule has 164 valence electrons. The van der Waals surface area contributed by atoms with Gasteiger partial charge in [0.05, 0.1) is 18.7 Å². The molecule has 0 bridgehead atoms. The third kappa shape index (κ3) is 3.83. The molecule has 0 radical (unpaired) electrons. The zero-order valence-electron chi connectivity index (χ0n) is 17.8. The number of anilines is 1. The third-order valence-electron chi connectivity index (χ3n) is 5.93. The Bertz CT molecular complexity index is 1170. The number of hydrogen-bond donors (Lipinski definition) is 1. The number of hydrogen-bond acceptors (Lipinski definition) is 3. The molecule has 0 aliphatic carbocycles. The Balaban J connectivity index is 1.66. The monoisotopic (exact) mass is 451 g/mol. The second-order valence-corrected chi connectivity index (χ2v) is 8.75. The van der Waals surface area contributed by atoms with Gasteiger partial charge in [0.25, 0.3) is 5.91 Å². The fraction of sp³-hybridized carbons (Fsp3) is 0.231. The maximum atomic E-state index is 14.4. The Kier molecular flexibility index (Phi) is 5.89. The summed E-state index contributed by atoms with van der Waals surface area (Å²) in [6.45, 7) is 3.97. The van der Waals surface area contributed by atoms with Gasteiger partial charge in [-0.1, -0.05) is 74.0 Å². The molecular weight excluding hydrogens is 429 g/mol. The van der Waals surface area contributed by atoms with E-state index >= 15 is 0 Å². The molecule has 0 aromatic heterocycles. The summed E-state index contributed by atoms with van der Waals surface area (Å²) in [5, 5.41) is 11.6. The van der Waals surface area contributed by atoms with Crippen LogP contribution in [0.4, 0.5) is 10.1 Å². The number of aliphatic hydroxyl groups is 1. The van der Waals surface area contributed by atoms with Crippen LogP contribution in [0.5, 0.6) is 0 Å². The number of carbonyl (C=O) groups excluding carboxylic acids is 2. The number of ketones is 1. The molecule has 1 amide bonds. The van der Waals surface area contributed by atoms with Gasteiger partial charge in [-0.25, -0.2) is 4.39 Å². The van der Waals surface area contributed by atoms with Gasteiger partial charge in [-0.2, -0.15) is 0 Å². The summed E-state index contributed by atoms with van der Waals surface area (Å²) in [5.74, 6) is -1.24. The Morgan fingerprint density at radius 2 is 1.75 bits per heavy atom. The molecule has 3 aromatic rings. The van der Waals surface area contributed by atoms with E-state index in [2.05, 4.69) is 13.8 Å². The highest BCUT2D eigenvalue weighted by molar-refractivity contribution is 6.31. The van der Waals surface area contributed by atoms with Crippen molar-refractivity contribution in [3.05, 3.63) is 99.8 Å². The van der Waals surface area contributed by atoms with Gasteiger partial charge < -0.3 is 10.0 Å². The molecule has 32 heavy (non-hydrogen) atoms. The largest absolute Gasteiger partial charge is 0.375 e. The molecule has 0 spiro atoms. The molecule has 1 atom stereocenters. The average molecular weight is 452 g/mol. The van der Waals surface area contributed by atoms with E-state index in [-0.39, 0.29) is 22.9 Å². The van der Waals surface area contributed by atoms with Crippen LogP contribution in [0.1, 0.15) is 53.2 Å². The van der Waals surface area contributed by atoms with Crippen molar-refractivity contribution in [2.24, 2.45) is 0 Å². The zero-order valence-corrected chi connectivity index (χ0v) is 18.6. The Morgan fingerprint density at radius 3 is 2.41 bits per heavy atom. The molecule has 1 unspecified atom stereocenters. The summed E-state index contributed by atoms with van der Waals surface area (Å²) in [4.78, 5) is 27.7. The van der Waals surface area contributed by atoms with Crippen molar-refractivity contribution in [2.45, 2.75) is 38.3 Å². The minimum absolute atomic E-state index is 0.150. The molecule has 1 aliphatic heterocycles. The van der Waals surface area contributed by atoms with Crippen molar-refractivity contribution in [3.63, 3.8) is 0 Å². The minimum Gasteiger partial charge on any atom is -0.375 e. The lowest BCUT2D eigenvalue weighted by atomic mass is 9.87. The van der Waals surface area contributed by atoms with Crippen LogP contribution in [0.3, 0.4) is 0 Å². The third-order valence-corrected chi connectivity index (χ3v) is 6.29. The smallest absolute Gasteiger partial charge is 0.264 e. The summed E-state index contributed by atoms with van der Waals surface area (Å²) < 4.78 is 14.4. The predicted molar refractivity (Wildman–Crippen MR) is 122 cm³/mol. The highest BCUT2D eigenvalue weighted by Crippen LogP contribution is 2.44. The van der Waals surface area contributed by atoms with Crippen molar-refractivity contribution < 1.29 is 19.1 Å². The molecule has 0 saturated carbocycles. The molecule has 6 heteroatoms. The van der Waals surface area contributed by atoms with Gasteiger partial charge in [-0.05, 0) is 29.7 Å². The fourth-order valence-electron chi connectivity index (χ4n) is 4.06. The van der Waals surface area contributed by atoms with E-state index in [1.54, 1.807) is 42.5 Å². The van der Waals surface area contributed by atoms with E-state index in [0.717, 1.165) is 5.56 Å². The van der Waals surface area contributed by atoms with Gasteiger partial charge >= 0.3 is 0 Å². The van der Waals surface area contributed by atoms with Crippen molar-refractivity contribution >= 4 is 29.0 Å². The standard InChI is InChI=1S/C26H23ClFNO3/c1-16(2)17-10-12-18(13-11-17)24(30)14-26(32)20-6-3-4-9-23(20)29(25(26)31)15-19-21(27)7-5-8-22(19)28/h3-13,16,32H,14-15H2,1-2H3. The van der Waals surface area contributed by atoms with Crippen LogP contribution >= 0.6 is 11.6 Å². The molecule has 4 nitrogen and oxygen atoms in total. The fourth-order valence-corrected chi connectivity index (χ4v) is 4.29. The van der Waals surface area contributed by atoms with Gasteiger partial charge in [0.15, 0.2) is 11.4 Å². The first kappa shape index (κ1) is 22.2. The second-order valence-electron chi connectivity index (χ2n) is 8.35. The number of rotatable bonds is 6. The van der Waals surface area contributed by atoms with Crippen molar-refractivity contribution in [1.29, 1.82) is 0 Å². The lowest BCUT2D eigenvalue weighted by molar-refractivity contribution is -0.136. The van der Waals surface area contributed by atoms with Gasteiger partial charge in [-0.3, -0.25) is 9.59 Å². The van der Waals surface area contributed by atoms with Crippen LogP contribution in [0.2, 0.25) is 5.02 Å². The lowest BCUT2D eigenvalue weighted by Crippen LogP contribution is -2.41. The van der Waals surface area contributed by atoms with Crippen LogP contribution < -0.4 is 4.90 Å². The Morgan fingerprint density at radius 1 is 1.06 bits per heavy atom. The Hall–Kier alpha value is -3.02. The van der Waals surface area contributed by atoms with Gasteiger partial charge in [0, 0.05) is 21.7 Å². The number of nitrogens with zero attached hydrogens (tertiary/aromatic N) is 1. The molecule has 1 heterocycles. The molecule has 0 fully saturated rings. The first-order chi connectivity index (χ1) is 15.2. The molecule has 3 aromatic carbocycles. The number of amides is 1. The number of benzene rings is 3. The van der Waals surface area contributed by atoms with E-state index in [1.165, 1.54) is 17.0 Å². The maximum Gasteiger partial charge on any atom is 0.264 e. The SMILES string of the molecule is CC(C)c1ccc(C(=O)CC2(O)C(=O)N(Cc3c(F)cccc3Cl)c3ccccc32)cc1. The highest BCUT2D eigenvalue weighted by atomic mass is 35.5. The van der Waals surface area contributed by atoms with Gasteiger partial charge in [-0.15, -0.1) is 0 Å². The van der Waals surface area contributed by atoms with E-state index in [4.69, 9.17) is 11.6 Å². The number of fused-ring (bicyclic) bond motifs is 1. The van der Waals surface area contributed by atoms with E-state index < -0.39 is 23.7 Å². The number of carbonyl (C=O) groups is 2. The first-order valence-corrected chi connectivity index (χ1v) is 10.8. The maximum absolute atomic E-state index is 14.4. The molecule has 0 saturated heterocycles. The predicted octanol–water partition coefficient (Wildman–Crippen LogP) is 5.61. The summed E-state index contributed by atoms with van der Waals surface area (Å²) in [6.07, 6.45) is -0.411. The lowest BCUT2D eigenvalue weighted by Gasteiger charge is -2.23. The average Bonchev–Trinajstić information content (AvgIpc) is 2.98. The molecule has 1 aliphatic rings. The minimum atomic E-state index is -2.04. The van der Waals surface area contributed by atoms with E-state index in [9.17, 15) is 19.1 Å². The second kappa shape index (κ2) is 8.49. The first-order valence-electron chi connectivity index (χ1n) is 10.4. The molecule has 1 N–H and O–H groups in total. The number of para-hydroxylation sites is 1. The molecular formula is C26H23ClFNO3. The zero-order chi connectivity index (χ0) is 23.0. The topological polar surface area (TPSA) is 57.6 Å². The number of Topliss-reactive ketones (excluding diaryl/α,β-unsaturated/α-hetero) is 1. The van der Waals surface area contributed by atoms with Gasteiger partial charge in [0.1, 0.15) is 5.82 Å². The van der Waals surface area contributed by atoms with Gasteiger partial charge in [0.2, 0.25) is 0 Å². The summed E-state index contributed by atoms with van der Waals surface area (Å²) in [7, 11) is 0. The van der Waals surface area contributed by atoms with E-state index in [0.29, 0.717) is 22.7 Å². The number of halogens is 2. The highest BCUT2D eigenvalue weighted by Gasteiger charge is 2.51. The summed E-state index contributed by atoms with van der Waals surface area (Å²) >= 11 is 6.16. The van der Waals surface area contributed by atoms with Crippen molar-refractivity contribution in [1.82, 2.24) is 0 Å².